The van der Waals surface area contributed by atoms with Crippen LogP contribution in [0.15, 0.2) is 36.7 Å². The molecular weight excluding hydrogens is 575 g/mol. The third-order valence-electron chi connectivity index (χ3n) is 5.25. The summed E-state index contributed by atoms with van der Waals surface area (Å²) in [7, 11) is 0. The molecule has 3 rings (SSSR count). The standard InChI is InChI=1S/C27H34F3N7O6/c1-26(2,3)43-25(40)31-10-4-5-11-41-20-8-6-18(7-9-20)13-32-23-34-21(35-24(36-23)42-17-27(28,29)30)12-19-14-33-37(15-19)16-22(38)39/h6-9,14-15H,4-5,10-13,16-17H2,1-3H3,(H,31,40)(H,38,39)(H,32,34,35,36). The van der Waals surface area contributed by atoms with E-state index in [0.29, 0.717) is 30.9 Å². The summed E-state index contributed by atoms with van der Waals surface area (Å²) < 4.78 is 55.0. The number of carboxylic acid groups (broad SMARTS) is 1. The van der Waals surface area contributed by atoms with Crippen LogP contribution < -0.4 is 20.1 Å². The Balaban J connectivity index is 1.52. The molecule has 0 spiro atoms. The molecular formula is C27H34F3N7O6. The van der Waals surface area contributed by atoms with Gasteiger partial charge in [0.2, 0.25) is 5.95 Å². The molecule has 0 aliphatic carbocycles. The Bertz CT molecular complexity index is 1340. The Morgan fingerprint density at radius 1 is 1.00 bits per heavy atom. The molecule has 0 radical (unpaired) electrons. The number of nitrogens with zero attached hydrogens (tertiary/aromatic N) is 5. The Morgan fingerprint density at radius 3 is 2.42 bits per heavy atom. The van der Waals surface area contributed by atoms with Crippen LogP contribution in [0.1, 0.15) is 50.6 Å². The Labute approximate surface area is 245 Å². The van der Waals surface area contributed by atoms with Crippen LogP contribution in [0.4, 0.5) is 23.9 Å². The summed E-state index contributed by atoms with van der Waals surface area (Å²) in [5.74, 6) is -0.319. The molecule has 13 nitrogen and oxygen atoms in total. The van der Waals surface area contributed by atoms with Crippen molar-refractivity contribution in [2.45, 2.75) is 64.9 Å². The minimum absolute atomic E-state index is 0.000389. The van der Waals surface area contributed by atoms with E-state index in [9.17, 15) is 22.8 Å². The van der Waals surface area contributed by atoms with Crippen LogP contribution in [-0.2, 0) is 29.0 Å². The molecule has 0 aliphatic heterocycles. The molecule has 0 bridgehead atoms. The van der Waals surface area contributed by atoms with E-state index in [1.54, 1.807) is 32.9 Å². The molecule has 1 amide bonds. The highest BCUT2D eigenvalue weighted by Crippen LogP contribution is 2.19. The van der Waals surface area contributed by atoms with Gasteiger partial charge in [0.05, 0.1) is 12.8 Å². The highest BCUT2D eigenvalue weighted by molar-refractivity contribution is 5.67. The average molecular weight is 610 g/mol. The van der Waals surface area contributed by atoms with E-state index in [1.165, 1.54) is 17.1 Å². The number of carbonyl (C=O) groups excluding carboxylic acids is 1. The summed E-state index contributed by atoms with van der Waals surface area (Å²) in [6, 6.07) is 6.68. The number of amides is 1. The molecule has 0 saturated carbocycles. The molecule has 1 aromatic carbocycles. The van der Waals surface area contributed by atoms with Gasteiger partial charge in [-0.05, 0) is 56.9 Å². The zero-order chi connectivity index (χ0) is 31.5. The second-order valence-electron chi connectivity index (χ2n) is 10.4. The van der Waals surface area contributed by atoms with Gasteiger partial charge in [0.25, 0.3) is 0 Å². The number of halogens is 3. The zero-order valence-electron chi connectivity index (χ0n) is 24.0. The van der Waals surface area contributed by atoms with Crippen LogP contribution in [-0.4, -0.2) is 73.4 Å². The normalized spacial score (nSPS) is 11.6. The minimum Gasteiger partial charge on any atom is -0.494 e. The van der Waals surface area contributed by atoms with E-state index in [2.05, 4.69) is 30.7 Å². The lowest BCUT2D eigenvalue weighted by atomic mass is 10.2. The number of hydrogen-bond donors (Lipinski definition) is 3. The molecule has 234 valence electrons. The van der Waals surface area contributed by atoms with Gasteiger partial charge >= 0.3 is 24.2 Å². The first-order chi connectivity index (χ1) is 20.2. The molecule has 16 heteroatoms. The van der Waals surface area contributed by atoms with Crippen molar-refractivity contribution in [3.63, 3.8) is 0 Å². The predicted molar refractivity (Wildman–Crippen MR) is 147 cm³/mol. The zero-order valence-corrected chi connectivity index (χ0v) is 24.0. The van der Waals surface area contributed by atoms with Gasteiger partial charge in [0.15, 0.2) is 6.61 Å². The first-order valence-electron chi connectivity index (χ1n) is 13.3. The highest BCUT2D eigenvalue weighted by Gasteiger charge is 2.29. The molecule has 0 aliphatic rings. The first kappa shape index (κ1) is 32.9. The van der Waals surface area contributed by atoms with E-state index in [1.807, 2.05) is 12.1 Å². The number of nitrogens with one attached hydrogen (secondary N) is 2. The maximum Gasteiger partial charge on any atom is 0.422 e. The molecule has 0 saturated heterocycles. The van der Waals surface area contributed by atoms with Gasteiger partial charge in [-0.15, -0.1) is 0 Å². The summed E-state index contributed by atoms with van der Waals surface area (Å²) >= 11 is 0. The first-order valence-corrected chi connectivity index (χ1v) is 13.3. The molecule has 2 aromatic heterocycles. The highest BCUT2D eigenvalue weighted by atomic mass is 19.4. The van der Waals surface area contributed by atoms with Gasteiger partial charge in [-0.1, -0.05) is 12.1 Å². The Morgan fingerprint density at radius 2 is 1.74 bits per heavy atom. The van der Waals surface area contributed by atoms with E-state index < -0.39 is 36.5 Å². The number of carboxylic acids is 1. The second kappa shape index (κ2) is 15.0. The van der Waals surface area contributed by atoms with Gasteiger partial charge in [0, 0.05) is 25.7 Å². The average Bonchev–Trinajstić information content (AvgIpc) is 3.33. The number of alkyl carbamates (subject to hydrolysis) is 1. The number of ether oxygens (including phenoxy) is 3. The summed E-state index contributed by atoms with van der Waals surface area (Å²) in [5, 5.41) is 18.5. The van der Waals surface area contributed by atoms with Crippen LogP contribution >= 0.6 is 0 Å². The number of aliphatic carboxylic acids is 1. The molecule has 0 atom stereocenters. The summed E-state index contributed by atoms with van der Waals surface area (Å²) in [4.78, 5) is 34.7. The van der Waals surface area contributed by atoms with E-state index in [0.717, 1.165) is 12.0 Å². The van der Waals surface area contributed by atoms with Gasteiger partial charge in [0.1, 0.15) is 23.7 Å². The van der Waals surface area contributed by atoms with Gasteiger partial charge in [-0.2, -0.15) is 33.2 Å². The number of alkyl halides is 3. The number of benzene rings is 1. The minimum atomic E-state index is -4.58. The van der Waals surface area contributed by atoms with Gasteiger partial charge in [-0.3, -0.25) is 9.48 Å². The van der Waals surface area contributed by atoms with E-state index in [4.69, 9.17) is 19.3 Å². The third-order valence-corrected chi connectivity index (χ3v) is 5.25. The summed E-state index contributed by atoms with van der Waals surface area (Å²) in [6.45, 7) is 4.64. The van der Waals surface area contributed by atoms with Crippen LogP contribution in [0, 0.1) is 0 Å². The molecule has 3 aromatic rings. The Kier molecular flexibility index (Phi) is 11.5. The maximum absolute atomic E-state index is 12.7. The van der Waals surface area contributed by atoms with Crippen molar-refractivity contribution in [1.29, 1.82) is 0 Å². The topological polar surface area (TPSA) is 163 Å². The van der Waals surface area contributed by atoms with Crippen molar-refractivity contribution in [2.75, 3.05) is 25.1 Å². The van der Waals surface area contributed by atoms with E-state index >= 15 is 0 Å². The van der Waals surface area contributed by atoms with Crippen molar-refractivity contribution >= 4 is 18.0 Å². The fourth-order valence-electron chi connectivity index (χ4n) is 3.48. The molecule has 0 fully saturated rings. The van der Waals surface area contributed by atoms with Crippen molar-refractivity contribution < 1.29 is 42.1 Å². The monoisotopic (exact) mass is 609 g/mol. The van der Waals surface area contributed by atoms with Crippen molar-refractivity contribution in [2.24, 2.45) is 0 Å². The number of carbonyl (C=O) groups is 2. The third kappa shape index (κ3) is 13.3. The quantitative estimate of drug-likeness (QED) is 0.214. The lowest BCUT2D eigenvalue weighted by molar-refractivity contribution is -0.154. The number of anilines is 1. The SMILES string of the molecule is CC(C)(C)OC(=O)NCCCCOc1ccc(CNc2nc(Cc3cnn(CC(=O)O)c3)nc(OCC(F)(F)F)n2)cc1. The smallest absolute Gasteiger partial charge is 0.422 e. The Hall–Kier alpha value is -4.63. The van der Waals surface area contributed by atoms with Crippen LogP contribution in [0.2, 0.25) is 0 Å². The molecule has 2 heterocycles. The maximum atomic E-state index is 12.7. The molecule has 43 heavy (non-hydrogen) atoms. The number of unbranched alkanes of at least 4 members (excludes halogenated alkanes) is 1. The lowest BCUT2D eigenvalue weighted by Gasteiger charge is -2.19. The van der Waals surface area contributed by atoms with Gasteiger partial charge in [-0.25, -0.2) is 4.79 Å². The van der Waals surface area contributed by atoms with Crippen molar-refractivity contribution in [3.8, 4) is 11.8 Å². The number of aromatic nitrogens is 5. The van der Waals surface area contributed by atoms with Crippen molar-refractivity contribution in [3.05, 3.63) is 53.6 Å². The van der Waals surface area contributed by atoms with Crippen molar-refractivity contribution in [1.82, 2.24) is 30.0 Å². The summed E-state index contributed by atoms with van der Waals surface area (Å²) in [5.41, 5.74) is 0.827. The fourth-order valence-corrected chi connectivity index (χ4v) is 3.48. The molecule has 3 N–H and O–H groups in total. The lowest BCUT2D eigenvalue weighted by Crippen LogP contribution is -2.33. The van der Waals surface area contributed by atoms with Gasteiger partial charge < -0.3 is 30.0 Å². The molecule has 0 unspecified atom stereocenters. The number of rotatable bonds is 15. The van der Waals surface area contributed by atoms with Crippen LogP contribution in [0.5, 0.6) is 11.8 Å². The fraction of sp³-hybridized carbons (Fsp3) is 0.481. The van der Waals surface area contributed by atoms with Crippen LogP contribution in [0.3, 0.4) is 0 Å². The predicted octanol–water partition coefficient (Wildman–Crippen LogP) is 3.98. The number of hydrogen-bond acceptors (Lipinski definition) is 10. The van der Waals surface area contributed by atoms with Crippen LogP contribution in [0.25, 0.3) is 0 Å². The largest absolute Gasteiger partial charge is 0.494 e. The summed E-state index contributed by atoms with van der Waals surface area (Å²) in [6.07, 6.45) is -0.649. The second-order valence-corrected chi connectivity index (χ2v) is 10.4. The van der Waals surface area contributed by atoms with E-state index in [-0.39, 0.29) is 31.3 Å².